The van der Waals surface area contributed by atoms with Crippen LogP contribution in [0.4, 0.5) is 11.4 Å². The van der Waals surface area contributed by atoms with Gasteiger partial charge in [0, 0.05) is 63.0 Å². The Balaban J connectivity index is 1.21. The normalized spacial score (nSPS) is 23.0. The summed E-state index contributed by atoms with van der Waals surface area (Å²) in [7, 11) is 0. The standard InChI is InChI=1S/C25H38N4O2/c1-2-28-18-20(15-25(28)31)17-26-21-10-12-29(13-11-21)23-9-5-8-22(16-23)27-24(30)14-19-6-3-4-7-19/h5,8-9,16,19-21,26H,2-4,6-7,10-15,17-18H2,1H3,(H,27,30)/t20-/m1/s1. The number of hydrogen-bond acceptors (Lipinski definition) is 4. The van der Waals surface area contributed by atoms with Gasteiger partial charge in [-0.05, 0) is 62.6 Å². The molecule has 3 aliphatic rings. The average molecular weight is 427 g/mol. The molecule has 2 amide bonds. The van der Waals surface area contributed by atoms with E-state index in [0.29, 0.717) is 36.6 Å². The van der Waals surface area contributed by atoms with Crippen molar-refractivity contribution in [1.82, 2.24) is 10.2 Å². The zero-order chi connectivity index (χ0) is 21.6. The maximum Gasteiger partial charge on any atom is 0.224 e. The molecular formula is C25H38N4O2. The summed E-state index contributed by atoms with van der Waals surface area (Å²) in [5, 5.41) is 6.82. The van der Waals surface area contributed by atoms with Crippen molar-refractivity contribution in [2.75, 3.05) is 42.9 Å². The van der Waals surface area contributed by atoms with E-state index in [9.17, 15) is 9.59 Å². The van der Waals surface area contributed by atoms with Gasteiger partial charge in [-0.2, -0.15) is 0 Å². The highest BCUT2D eigenvalue weighted by Crippen LogP contribution is 2.28. The van der Waals surface area contributed by atoms with Crippen molar-refractivity contribution in [2.45, 2.75) is 64.3 Å². The van der Waals surface area contributed by atoms with Crippen molar-refractivity contribution in [3.05, 3.63) is 24.3 Å². The zero-order valence-electron chi connectivity index (χ0n) is 18.9. The smallest absolute Gasteiger partial charge is 0.224 e. The number of rotatable bonds is 8. The lowest BCUT2D eigenvalue weighted by Gasteiger charge is -2.34. The molecule has 0 unspecified atom stereocenters. The van der Waals surface area contributed by atoms with Crippen LogP contribution in [0.15, 0.2) is 24.3 Å². The molecule has 3 fully saturated rings. The summed E-state index contributed by atoms with van der Waals surface area (Å²) in [5.41, 5.74) is 2.10. The molecule has 170 valence electrons. The predicted octanol–water partition coefficient (Wildman–Crippen LogP) is 3.63. The van der Waals surface area contributed by atoms with Crippen molar-refractivity contribution in [3.63, 3.8) is 0 Å². The first kappa shape index (κ1) is 22.1. The maximum absolute atomic E-state index is 12.4. The highest BCUT2D eigenvalue weighted by Gasteiger charge is 2.29. The first-order valence-corrected chi connectivity index (χ1v) is 12.3. The van der Waals surface area contributed by atoms with E-state index in [2.05, 4.69) is 34.6 Å². The molecule has 1 saturated carbocycles. The number of carbonyl (C=O) groups excluding carboxylic acids is 2. The Bertz CT molecular complexity index is 754. The number of piperidine rings is 1. The third-order valence-electron chi connectivity index (χ3n) is 7.31. The Morgan fingerprint density at radius 1 is 1.10 bits per heavy atom. The van der Waals surface area contributed by atoms with Crippen molar-refractivity contribution in [2.24, 2.45) is 11.8 Å². The minimum atomic E-state index is 0.152. The van der Waals surface area contributed by atoms with Crippen LogP contribution in [0.5, 0.6) is 0 Å². The molecule has 0 bridgehead atoms. The van der Waals surface area contributed by atoms with E-state index in [1.54, 1.807) is 0 Å². The highest BCUT2D eigenvalue weighted by atomic mass is 16.2. The second kappa shape index (κ2) is 10.5. The van der Waals surface area contributed by atoms with E-state index in [-0.39, 0.29) is 5.91 Å². The summed E-state index contributed by atoms with van der Waals surface area (Å²) < 4.78 is 0. The number of hydrogen-bond donors (Lipinski definition) is 2. The molecular weight excluding hydrogens is 388 g/mol. The van der Waals surface area contributed by atoms with Crippen molar-refractivity contribution < 1.29 is 9.59 Å². The molecule has 1 aromatic carbocycles. The minimum absolute atomic E-state index is 0.152. The summed E-state index contributed by atoms with van der Waals surface area (Å²) in [6.45, 7) is 6.76. The third-order valence-corrected chi connectivity index (χ3v) is 7.31. The molecule has 2 heterocycles. The third kappa shape index (κ3) is 6.00. The maximum atomic E-state index is 12.4. The van der Waals surface area contributed by atoms with Crippen LogP contribution in [0.1, 0.15) is 58.3 Å². The van der Waals surface area contributed by atoms with Crippen LogP contribution in [-0.4, -0.2) is 55.5 Å². The van der Waals surface area contributed by atoms with Gasteiger partial charge in [-0.3, -0.25) is 9.59 Å². The van der Waals surface area contributed by atoms with Gasteiger partial charge in [0.1, 0.15) is 0 Å². The largest absolute Gasteiger partial charge is 0.371 e. The topological polar surface area (TPSA) is 64.7 Å². The van der Waals surface area contributed by atoms with Crippen LogP contribution in [0.2, 0.25) is 0 Å². The Morgan fingerprint density at radius 3 is 2.58 bits per heavy atom. The lowest BCUT2D eigenvalue weighted by atomic mass is 10.0. The Hall–Kier alpha value is -2.08. The van der Waals surface area contributed by atoms with E-state index < -0.39 is 0 Å². The van der Waals surface area contributed by atoms with Gasteiger partial charge in [0.15, 0.2) is 0 Å². The first-order chi connectivity index (χ1) is 15.1. The van der Waals surface area contributed by atoms with E-state index in [1.165, 1.54) is 31.4 Å². The van der Waals surface area contributed by atoms with Crippen molar-refractivity contribution >= 4 is 23.2 Å². The molecule has 31 heavy (non-hydrogen) atoms. The molecule has 0 spiro atoms. The molecule has 0 aromatic heterocycles. The molecule has 6 nitrogen and oxygen atoms in total. The van der Waals surface area contributed by atoms with Crippen LogP contribution in [-0.2, 0) is 9.59 Å². The van der Waals surface area contributed by atoms with E-state index in [4.69, 9.17) is 0 Å². The van der Waals surface area contributed by atoms with Crippen LogP contribution >= 0.6 is 0 Å². The molecule has 1 aromatic rings. The molecule has 2 aliphatic heterocycles. The van der Waals surface area contributed by atoms with Gasteiger partial charge in [-0.15, -0.1) is 0 Å². The summed E-state index contributed by atoms with van der Waals surface area (Å²) in [6, 6.07) is 8.82. The van der Waals surface area contributed by atoms with Crippen LogP contribution in [0, 0.1) is 11.8 Å². The quantitative estimate of drug-likeness (QED) is 0.666. The molecule has 4 rings (SSSR count). The number of benzene rings is 1. The number of likely N-dealkylation sites (tertiary alicyclic amines) is 1. The second-order valence-corrected chi connectivity index (χ2v) is 9.63. The number of nitrogens with one attached hydrogen (secondary N) is 2. The monoisotopic (exact) mass is 426 g/mol. The fourth-order valence-electron chi connectivity index (χ4n) is 5.44. The SMILES string of the molecule is CCN1C[C@@H](CNC2CCN(c3cccc(NC(=O)CC4CCCC4)c3)CC2)CC1=O. The molecule has 1 aliphatic carbocycles. The van der Waals surface area contributed by atoms with Gasteiger partial charge in [-0.25, -0.2) is 0 Å². The number of amides is 2. The number of carbonyl (C=O) groups is 2. The Morgan fingerprint density at radius 2 is 1.87 bits per heavy atom. The lowest BCUT2D eigenvalue weighted by molar-refractivity contribution is -0.127. The second-order valence-electron chi connectivity index (χ2n) is 9.63. The highest BCUT2D eigenvalue weighted by molar-refractivity contribution is 5.91. The molecule has 2 N–H and O–H groups in total. The Labute approximate surface area is 186 Å². The van der Waals surface area contributed by atoms with Gasteiger partial charge < -0.3 is 20.4 Å². The van der Waals surface area contributed by atoms with Gasteiger partial charge in [0.25, 0.3) is 0 Å². The fourth-order valence-corrected chi connectivity index (χ4v) is 5.44. The fraction of sp³-hybridized carbons (Fsp3) is 0.680. The zero-order valence-corrected chi connectivity index (χ0v) is 18.9. The van der Waals surface area contributed by atoms with Gasteiger partial charge in [0.05, 0.1) is 0 Å². The average Bonchev–Trinajstić information content (AvgIpc) is 3.41. The minimum Gasteiger partial charge on any atom is -0.371 e. The summed E-state index contributed by atoms with van der Waals surface area (Å²) in [4.78, 5) is 28.7. The van der Waals surface area contributed by atoms with E-state index in [0.717, 1.165) is 51.3 Å². The van der Waals surface area contributed by atoms with Gasteiger partial charge in [-0.1, -0.05) is 18.9 Å². The molecule has 1 atom stereocenters. The van der Waals surface area contributed by atoms with Gasteiger partial charge in [0.2, 0.25) is 11.8 Å². The summed E-state index contributed by atoms with van der Waals surface area (Å²) in [6.07, 6.45) is 8.51. The molecule has 0 radical (unpaired) electrons. The van der Waals surface area contributed by atoms with Gasteiger partial charge >= 0.3 is 0 Å². The number of anilines is 2. The van der Waals surface area contributed by atoms with Crippen LogP contribution in [0.25, 0.3) is 0 Å². The molecule has 2 saturated heterocycles. The van der Waals surface area contributed by atoms with E-state index in [1.807, 2.05) is 17.0 Å². The van der Waals surface area contributed by atoms with E-state index >= 15 is 0 Å². The Kier molecular flexibility index (Phi) is 7.49. The van der Waals surface area contributed by atoms with Crippen LogP contribution in [0.3, 0.4) is 0 Å². The van der Waals surface area contributed by atoms with Crippen molar-refractivity contribution in [3.8, 4) is 0 Å². The van der Waals surface area contributed by atoms with Crippen LogP contribution < -0.4 is 15.5 Å². The predicted molar refractivity (Wildman–Crippen MR) is 125 cm³/mol. The summed E-state index contributed by atoms with van der Waals surface area (Å²) >= 11 is 0. The summed E-state index contributed by atoms with van der Waals surface area (Å²) in [5.74, 6) is 1.48. The van der Waals surface area contributed by atoms with Crippen molar-refractivity contribution in [1.29, 1.82) is 0 Å². The molecule has 6 heteroatoms. The lowest BCUT2D eigenvalue weighted by Crippen LogP contribution is -2.44. The number of nitrogens with zero attached hydrogens (tertiary/aromatic N) is 2. The first-order valence-electron chi connectivity index (χ1n) is 12.3.